The summed E-state index contributed by atoms with van der Waals surface area (Å²) in [6.45, 7) is 7.50. The largest absolute Gasteiger partial charge is 0.459 e. The maximum absolute atomic E-state index is 12.1. The van der Waals surface area contributed by atoms with Crippen LogP contribution in [0.25, 0.3) is 0 Å². The van der Waals surface area contributed by atoms with Gasteiger partial charge in [0.15, 0.2) is 0 Å². The van der Waals surface area contributed by atoms with Crippen molar-refractivity contribution < 1.29 is 19.1 Å². The van der Waals surface area contributed by atoms with Crippen molar-refractivity contribution in [3.05, 3.63) is 35.4 Å². The second-order valence-corrected chi connectivity index (χ2v) is 4.79. The van der Waals surface area contributed by atoms with Crippen LogP contribution < -0.4 is 0 Å². The molecule has 0 saturated heterocycles. The molecule has 0 amide bonds. The van der Waals surface area contributed by atoms with Crippen molar-refractivity contribution in [3.63, 3.8) is 0 Å². The summed E-state index contributed by atoms with van der Waals surface area (Å²) in [6, 6.07) is 6.57. The van der Waals surface area contributed by atoms with Crippen LogP contribution in [0.1, 0.15) is 61.3 Å². The van der Waals surface area contributed by atoms with Gasteiger partial charge in [0.2, 0.25) is 0 Å². The normalized spacial score (nSPS) is 13.4. The summed E-state index contributed by atoms with van der Waals surface area (Å²) in [4.78, 5) is 24.1. The summed E-state index contributed by atoms with van der Waals surface area (Å²) < 4.78 is 10.5. The summed E-state index contributed by atoms with van der Waals surface area (Å²) in [6.07, 6.45) is 1.10. The Morgan fingerprint density at radius 1 is 0.900 bits per heavy atom. The minimum atomic E-state index is -0.490. The van der Waals surface area contributed by atoms with E-state index in [-0.39, 0.29) is 23.3 Å². The van der Waals surface area contributed by atoms with Crippen molar-refractivity contribution >= 4 is 11.9 Å². The van der Waals surface area contributed by atoms with Crippen molar-refractivity contribution in [1.82, 2.24) is 0 Å². The van der Waals surface area contributed by atoms with E-state index < -0.39 is 11.9 Å². The van der Waals surface area contributed by atoms with Crippen LogP contribution >= 0.6 is 0 Å². The molecule has 0 fully saturated rings. The lowest BCUT2D eigenvalue weighted by Gasteiger charge is -2.15. The Kier molecular flexibility index (Phi) is 6.22. The fraction of sp³-hybridized carbons (Fsp3) is 0.500. The van der Waals surface area contributed by atoms with Crippen molar-refractivity contribution in [2.45, 2.75) is 52.7 Å². The van der Waals surface area contributed by atoms with Crippen LogP contribution in [-0.4, -0.2) is 24.1 Å². The van der Waals surface area contributed by atoms with Crippen LogP contribution in [0.4, 0.5) is 0 Å². The van der Waals surface area contributed by atoms with Gasteiger partial charge >= 0.3 is 11.9 Å². The molecule has 0 spiro atoms. The fourth-order valence-electron chi connectivity index (χ4n) is 1.50. The van der Waals surface area contributed by atoms with Gasteiger partial charge in [0.1, 0.15) is 0 Å². The number of hydrogen-bond donors (Lipinski definition) is 0. The average Bonchev–Trinajstić information content (AvgIpc) is 2.46. The first-order valence-electron chi connectivity index (χ1n) is 7.00. The summed E-state index contributed by atoms with van der Waals surface area (Å²) in [5.41, 5.74) is 0.502. The van der Waals surface area contributed by atoms with Crippen molar-refractivity contribution in [3.8, 4) is 0 Å². The molecule has 0 radical (unpaired) electrons. The Balaban J connectivity index is 2.93. The summed E-state index contributed by atoms with van der Waals surface area (Å²) in [5, 5.41) is 0. The molecule has 4 nitrogen and oxygen atoms in total. The minimum Gasteiger partial charge on any atom is -0.459 e. The second kappa shape index (κ2) is 7.68. The van der Waals surface area contributed by atoms with Gasteiger partial charge in [-0.1, -0.05) is 26.0 Å². The van der Waals surface area contributed by atoms with Gasteiger partial charge in [-0.3, -0.25) is 0 Å². The molecule has 0 aliphatic rings. The Morgan fingerprint density at radius 2 is 1.25 bits per heavy atom. The highest BCUT2D eigenvalue weighted by atomic mass is 16.5. The molecular weight excluding hydrogens is 256 g/mol. The average molecular weight is 278 g/mol. The van der Waals surface area contributed by atoms with E-state index in [1.54, 1.807) is 24.3 Å². The lowest BCUT2D eigenvalue weighted by molar-refractivity contribution is 0.0285. The van der Waals surface area contributed by atoms with Gasteiger partial charge in [0.05, 0.1) is 23.3 Å². The highest BCUT2D eigenvalue weighted by Crippen LogP contribution is 2.15. The van der Waals surface area contributed by atoms with E-state index in [9.17, 15) is 9.59 Å². The van der Waals surface area contributed by atoms with E-state index in [2.05, 4.69) is 0 Å². The van der Waals surface area contributed by atoms with Crippen LogP contribution in [0.3, 0.4) is 0 Å². The molecule has 0 heterocycles. The molecule has 0 N–H and O–H groups in total. The molecule has 1 rings (SSSR count). The Labute approximate surface area is 120 Å². The zero-order valence-electron chi connectivity index (χ0n) is 12.5. The van der Waals surface area contributed by atoms with Crippen LogP contribution in [0.5, 0.6) is 0 Å². The summed E-state index contributed by atoms with van der Waals surface area (Å²) >= 11 is 0. The second-order valence-electron chi connectivity index (χ2n) is 4.79. The van der Waals surface area contributed by atoms with Crippen molar-refractivity contribution in [2.24, 2.45) is 0 Å². The number of benzene rings is 1. The molecule has 2 atom stereocenters. The summed E-state index contributed by atoms with van der Waals surface area (Å²) in [5.74, 6) is -0.980. The van der Waals surface area contributed by atoms with E-state index in [0.29, 0.717) is 0 Å². The Hall–Kier alpha value is -1.84. The Morgan fingerprint density at radius 3 is 1.55 bits per heavy atom. The fourth-order valence-corrected chi connectivity index (χ4v) is 1.50. The molecule has 0 aliphatic carbocycles. The standard InChI is InChI=1S/C16H22O4/c1-5-11(3)19-15(17)13-9-7-8-10-14(13)16(18)20-12(4)6-2/h7-12H,5-6H2,1-4H3/t11-,12-/m0/s1. The number of carbonyl (C=O) groups is 2. The first-order valence-corrected chi connectivity index (χ1v) is 7.00. The minimum absolute atomic E-state index is 0.179. The smallest absolute Gasteiger partial charge is 0.339 e. The molecule has 0 bridgehead atoms. The van der Waals surface area contributed by atoms with E-state index >= 15 is 0 Å². The number of carbonyl (C=O) groups excluding carboxylic acids is 2. The number of rotatable bonds is 6. The van der Waals surface area contributed by atoms with Crippen LogP contribution in [-0.2, 0) is 9.47 Å². The third-order valence-corrected chi connectivity index (χ3v) is 3.13. The van der Waals surface area contributed by atoms with Gasteiger partial charge < -0.3 is 9.47 Å². The zero-order valence-corrected chi connectivity index (χ0v) is 12.5. The molecule has 1 aromatic carbocycles. The van der Waals surface area contributed by atoms with Gasteiger partial charge in [-0.05, 0) is 38.8 Å². The monoisotopic (exact) mass is 278 g/mol. The van der Waals surface area contributed by atoms with Gasteiger partial charge in [-0.25, -0.2) is 9.59 Å². The van der Waals surface area contributed by atoms with Crippen LogP contribution in [0.15, 0.2) is 24.3 Å². The zero-order chi connectivity index (χ0) is 15.1. The molecule has 0 unspecified atom stereocenters. The molecule has 0 aliphatic heterocycles. The lowest BCUT2D eigenvalue weighted by atomic mass is 10.1. The van der Waals surface area contributed by atoms with Gasteiger partial charge in [-0.15, -0.1) is 0 Å². The van der Waals surface area contributed by atoms with Gasteiger partial charge in [0.25, 0.3) is 0 Å². The van der Waals surface area contributed by atoms with E-state index in [1.165, 1.54) is 0 Å². The molecule has 0 saturated carbocycles. The third-order valence-electron chi connectivity index (χ3n) is 3.13. The number of esters is 2. The number of hydrogen-bond acceptors (Lipinski definition) is 4. The molecule has 20 heavy (non-hydrogen) atoms. The Bertz CT molecular complexity index is 424. The maximum Gasteiger partial charge on any atom is 0.339 e. The molecular formula is C16H22O4. The molecule has 0 aromatic heterocycles. The maximum atomic E-state index is 12.1. The SMILES string of the molecule is CC[C@H](C)OC(=O)c1ccccc1C(=O)O[C@@H](C)CC. The van der Waals surface area contributed by atoms with Crippen molar-refractivity contribution in [2.75, 3.05) is 0 Å². The number of ether oxygens (including phenoxy) is 2. The molecule has 1 aromatic rings. The quantitative estimate of drug-likeness (QED) is 0.746. The predicted molar refractivity (Wildman–Crippen MR) is 76.8 cm³/mol. The highest BCUT2D eigenvalue weighted by Gasteiger charge is 2.21. The third kappa shape index (κ3) is 4.37. The van der Waals surface area contributed by atoms with E-state index in [4.69, 9.17) is 9.47 Å². The summed E-state index contributed by atoms with van der Waals surface area (Å²) in [7, 11) is 0. The predicted octanol–water partition coefficient (Wildman–Crippen LogP) is 3.60. The topological polar surface area (TPSA) is 52.6 Å². The van der Waals surface area contributed by atoms with E-state index in [1.807, 2.05) is 27.7 Å². The van der Waals surface area contributed by atoms with Crippen molar-refractivity contribution in [1.29, 1.82) is 0 Å². The van der Waals surface area contributed by atoms with Crippen LogP contribution in [0.2, 0.25) is 0 Å². The van der Waals surface area contributed by atoms with Gasteiger partial charge in [0, 0.05) is 0 Å². The molecule has 110 valence electrons. The van der Waals surface area contributed by atoms with E-state index in [0.717, 1.165) is 12.8 Å². The van der Waals surface area contributed by atoms with Crippen LogP contribution in [0, 0.1) is 0 Å². The first kappa shape index (κ1) is 16.2. The molecule has 4 heteroatoms. The van der Waals surface area contributed by atoms with Gasteiger partial charge in [-0.2, -0.15) is 0 Å². The first-order chi connectivity index (χ1) is 9.49. The highest BCUT2D eigenvalue weighted by molar-refractivity contribution is 6.03. The lowest BCUT2D eigenvalue weighted by Crippen LogP contribution is -2.20.